The highest BCUT2D eigenvalue weighted by Gasteiger charge is 2.12. The second-order valence-corrected chi connectivity index (χ2v) is 5.09. The lowest BCUT2D eigenvalue weighted by Gasteiger charge is -2.11. The monoisotopic (exact) mass is 258 g/mol. The van der Waals surface area contributed by atoms with Crippen LogP contribution in [0.2, 0.25) is 0 Å². The molecule has 0 radical (unpaired) electrons. The number of pyridine rings is 1. The van der Waals surface area contributed by atoms with E-state index in [0.29, 0.717) is 6.54 Å². The highest BCUT2D eigenvalue weighted by Crippen LogP contribution is 2.20. The van der Waals surface area contributed by atoms with Gasteiger partial charge in [-0.1, -0.05) is 6.92 Å². The Bertz CT molecular complexity index is 611. The minimum Gasteiger partial charge on any atom is -0.398 e. The van der Waals surface area contributed by atoms with Crippen LogP contribution >= 0.6 is 0 Å². The second kappa shape index (κ2) is 5.03. The Morgan fingerprint density at radius 3 is 2.47 bits per heavy atom. The van der Waals surface area contributed by atoms with Gasteiger partial charge in [-0.25, -0.2) is 0 Å². The van der Waals surface area contributed by atoms with Gasteiger partial charge in [0.05, 0.1) is 17.9 Å². The fourth-order valence-electron chi connectivity index (χ4n) is 2.49. The Morgan fingerprint density at radius 2 is 1.89 bits per heavy atom. The van der Waals surface area contributed by atoms with Gasteiger partial charge in [0.1, 0.15) is 0 Å². The Hall–Kier alpha value is -1.84. The fraction of sp³-hybridized carbons (Fsp3) is 0.467. The van der Waals surface area contributed by atoms with Crippen LogP contribution in [0.3, 0.4) is 0 Å². The van der Waals surface area contributed by atoms with E-state index in [2.05, 4.69) is 30.9 Å². The Labute approximate surface area is 114 Å². The molecule has 0 aliphatic rings. The van der Waals surface area contributed by atoms with E-state index in [9.17, 15) is 0 Å². The van der Waals surface area contributed by atoms with Crippen molar-refractivity contribution in [1.82, 2.24) is 14.8 Å². The molecule has 0 spiro atoms. The quantitative estimate of drug-likeness (QED) is 0.921. The zero-order valence-corrected chi connectivity index (χ0v) is 12.4. The summed E-state index contributed by atoms with van der Waals surface area (Å²) in [5, 5.41) is 4.61. The van der Waals surface area contributed by atoms with Gasteiger partial charge >= 0.3 is 0 Å². The third-order valence-electron chi connectivity index (χ3n) is 3.86. The van der Waals surface area contributed by atoms with Gasteiger partial charge in [-0.3, -0.25) is 9.67 Å². The summed E-state index contributed by atoms with van der Waals surface area (Å²) in [6.45, 7) is 11.0. The van der Waals surface area contributed by atoms with E-state index >= 15 is 0 Å². The highest BCUT2D eigenvalue weighted by molar-refractivity contribution is 5.53. The summed E-state index contributed by atoms with van der Waals surface area (Å²) in [6, 6.07) is 0. The molecule has 0 amide bonds. The summed E-state index contributed by atoms with van der Waals surface area (Å²) in [5.41, 5.74) is 13.7. The summed E-state index contributed by atoms with van der Waals surface area (Å²) in [6.07, 6.45) is 2.85. The van der Waals surface area contributed by atoms with Gasteiger partial charge in [0.15, 0.2) is 0 Å². The third-order valence-corrected chi connectivity index (χ3v) is 3.86. The first-order valence-corrected chi connectivity index (χ1v) is 6.69. The predicted molar refractivity (Wildman–Crippen MR) is 78.3 cm³/mol. The molecule has 2 aromatic heterocycles. The molecule has 0 unspecified atom stereocenters. The van der Waals surface area contributed by atoms with Gasteiger partial charge in [-0.05, 0) is 50.8 Å². The molecule has 0 bridgehead atoms. The smallest absolute Gasteiger partial charge is 0.0838 e. The van der Waals surface area contributed by atoms with Crippen LogP contribution in [0.4, 0.5) is 5.69 Å². The highest BCUT2D eigenvalue weighted by atomic mass is 15.3. The van der Waals surface area contributed by atoms with E-state index in [1.807, 2.05) is 24.7 Å². The van der Waals surface area contributed by atoms with E-state index < -0.39 is 0 Å². The molecule has 2 heterocycles. The van der Waals surface area contributed by atoms with Crippen molar-refractivity contribution in [2.75, 3.05) is 5.73 Å². The summed E-state index contributed by atoms with van der Waals surface area (Å²) in [5.74, 6) is 0. The van der Waals surface area contributed by atoms with Crippen LogP contribution in [-0.2, 0) is 13.0 Å². The molecule has 2 N–H and O–H groups in total. The molecule has 0 saturated carbocycles. The van der Waals surface area contributed by atoms with Crippen molar-refractivity contribution in [3.63, 3.8) is 0 Å². The molecule has 4 nitrogen and oxygen atoms in total. The van der Waals surface area contributed by atoms with Gasteiger partial charge in [-0.15, -0.1) is 0 Å². The number of rotatable bonds is 3. The van der Waals surface area contributed by atoms with Gasteiger partial charge < -0.3 is 5.73 Å². The summed E-state index contributed by atoms with van der Waals surface area (Å²) in [4.78, 5) is 4.50. The molecule has 102 valence electrons. The number of nitrogen functional groups attached to an aromatic ring is 1. The number of nitrogens with two attached hydrogens (primary N) is 1. The fourth-order valence-corrected chi connectivity index (χ4v) is 2.49. The molecular formula is C15H22N4. The number of anilines is 1. The molecule has 4 heteroatoms. The van der Waals surface area contributed by atoms with E-state index in [0.717, 1.165) is 34.6 Å². The van der Waals surface area contributed by atoms with Crippen molar-refractivity contribution in [2.45, 2.75) is 47.6 Å². The maximum Gasteiger partial charge on any atom is 0.0838 e. The van der Waals surface area contributed by atoms with Crippen LogP contribution in [0.1, 0.15) is 40.7 Å². The van der Waals surface area contributed by atoms with E-state index in [1.165, 1.54) is 11.3 Å². The minimum atomic E-state index is 0.684. The first-order valence-electron chi connectivity index (χ1n) is 6.69. The average Bonchev–Trinajstić information content (AvgIpc) is 2.65. The number of hydrogen-bond donors (Lipinski definition) is 1. The van der Waals surface area contributed by atoms with E-state index in [1.54, 1.807) is 0 Å². The normalized spacial score (nSPS) is 11.0. The standard InChI is InChI=1S/C15H22N4/c1-6-13-11(4)18-19(12(13)5)8-14-10(3)15(16)9(2)7-17-14/h7H,6,8H2,1-5H3,(H2,16,17). The molecule has 19 heavy (non-hydrogen) atoms. The average molecular weight is 258 g/mol. The minimum absolute atomic E-state index is 0.684. The first-order chi connectivity index (χ1) is 8.95. The Kier molecular flexibility index (Phi) is 3.60. The Balaban J connectivity index is 2.40. The molecule has 2 aromatic rings. The summed E-state index contributed by atoms with van der Waals surface area (Å²) >= 11 is 0. The van der Waals surface area contributed by atoms with Crippen molar-refractivity contribution in [3.05, 3.63) is 40.0 Å². The topological polar surface area (TPSA) is 56.7 Å². The maximum atomic E-state index is 6.07. The number of aromatic nitrogens is 3. The molecule has 0 saturated heterocycles. The van der Waals surface area contributed by atoms with E-state index in [4.69, 9.17) is 5.73 Å². The Morgan fingerprint density at radius 1 is 1.21 bits per heavy atom. The number of nitrogens with zero attached hydrogens (tertiary/aromatic N) is 3. The molecule has 0 aromatic carbocycles. The summed E-state index contributed by atoms with van der Waals surface area (Å²) in [7, 11) is 0. The third kappa shape index (κ3) is 2.35. The molecule has 2 rings (SSSR count). The van der Waals surface area contributed by atoms with Crippen LogP contribution < -0.4 is 5.73 Å². The van der Waals surface area contributed by atoms with Gasteiger partial charge in [0.25, 0.3) is 0 Å². The lowest BCUT2D eigenvalue weighted by molar-refractivity contribution is 0.643. The molecular weight excluding hydrogens is 236 g/mol. The lowest BCUT2D eigenvalue weighted by Crippen LogP contribution is -2.09. The molecule has 0 aliphatic carbocycles. The maximum absolute atomic E-state index is 6.07. The van der Waals surface area contributed by atoms with Crippen LogP contribution in [0.5, 0.6) is 0 Å². The van der Waals surface area contributed by atoms with Crippen LogP contribution in [-0.4, -0.2) is 14.8 Å². The predicted octanol–water partition coefficient (Wildman–Crippen LogP) is 2.70. The summed E-state index contributed by atoms with van der Waals surface area (Å²) < 4.78 is 2.03. The van der Waals surface area contributed by atoms with Crippen LogP contribution in [0.25, 0.3) is 0 Å². The van der Waals surface area contributed by atoms with Crippen molar-refractivity contribution in [2.24, 2.45) is 0 Å². The lowest BCUT2D eigenvalue weighted by atomic mass is 10.1. The van der Waals surface area contributed by atoms with Crippen molar-refractivity contribution in [3.8, 4) is 0 Å². The van der Waals surface area contributed by atoms with Gasteiger partial charge in [-0.2, -0.15) is 5.10 Å². The molecule has 0 fully saturated rings. The SMILES string of the molecule is CCc1c(C)nn(Cc2ncc(C)c(N)c2C)c1C. The van der Waals surface area contributed by atoms with E-state index in [-0.39, 0.29) is 0 Å². The largest absolute Gasteiger partial charge is 0.398 e. The first kappa shape index (κ1) is 13.6. The zero-order chi connectivity index (χ0) is 14.2. The molecule has 0 atom stereocenters. The van der Waals surface area contributed by atoms with Crippen molar-refractivity contribution < 1.29 is 0 Å². The van der Waals surface area contributed by atoms with Crippen molar-refractivity contribution >= 4 is 5.69 Å². The van der Waals surface area contributed by atoms with Gasteiger partial charge in [0.2, 0.25) is 0 Å². The van der Waals surface area contributed by atoms with Crippen molar-refractivity contribution in [1.29, 1.82) is 0 Å². The number of hydrogen-bond acceptors (Lipinski definition) is 3. The second-order valence-electron chi connectivity index (χ2n) is 5.09. The number of aryl methyl sites for hydroxylation is 2. The van der Waals surface area contributed by atoms with Gasteiger partial charge in [0, 0.05) is 17.6 Å². The molecule has 0 aliphatic heterocycles. The van der Waals surface area contributed by atoms with Crippen LogP contribution in [0, 0.1) is 27.7 Å². The van der Waals surface area contributed by atoms with Crippen LogP contribution in [0.15, 0.2) is 6.20 Å². The zero-order valence-electron chi connectivity index (χ0n) is 12.4.